The van der Waals surface area contributed by atoms with Gasteiger partial charge in [0.05, 0.1) is 16.1 Å². The Labute approximate surface area is 103 Å². The minimum atomic E-state index is -0.418. The van der Waals surface area contributed by atoms with Crippen molar-refractivity contribution in [2.45, 2.75) is 31.7 Å². The van der Waals surface area contributed by atoms with Crippen molar-refractivity contribution >= 4 is 28.6 Å². The van der Waals surface area contributed by atoms with Gasteiger partial charge in [-0.15, -0.1) is 0 Å². The van der Waals surface area contributed by atoms with Crippen molar-refractivity contribution in [3.63, 3.8) is 0 Å². The van der Waals surface area contributed by atoms with E-state index in [2.05, 4.69) is 4.98 Å². The predicted molar refractivity (Wildman–Crippen MR) is 66.6 cm³/mol. The number of hydrogen-bond acceptors (Lipinski definition) is 2. The maximum absolute atomic E-state index is 13.5. The van der Waals surface area contributed by atoms with Crippen LogP contribution in [0.2, 0.25) is 5.02 Å². The molecule has 1 aromatic carbocycles. The zero-order valence-corrected chi connectivity index (χ0v) is 10.0. The molecule has 0 aliphatic heterocycles. The van der Waals surface area contributed by atoms with Gasteiger partial charge in [-0.3, -0.25) is 0 Å². The van der Waals surface area contributed by atoms with Crippen LogP contribution in [-0.2, 0) is 0 Å². The van der Waals surface area contributed by atoms with E-state index in [4.69, 9.17) is 17.3 Å². The highest BCUT2D eigenvalue weighted by atomic mass is 35.5. The van der Waals surface area contributed by atoms with Gasteiger partial charge in [-0.25, -0.2) is 9.37 Å². The summed E-state index contributed by atoms with van der Waals surface area (Å²) in [5.41, 5.74) is 7.33. The van der Waals surface area contributed by atoms with Gasteiger partial charge in [-0.05, 0) is 18.9 Å². The highest BCUT2D eigenvalue weighted by Crippen LogP contribution is 2.35. The molecule has 1 fully saturated rings. The van der Waals surface area contributed by atoms with Gasteiger partial charge in [0.25, 0.3) is 0 Å². The first-order valence-corrected chi connectivity index (χ1v) is 6.17. The number of nitrogens with two attached hydrogens (primary N) is 1. The van der Waals surface area contributed by atoms with Crippen LogP contribution in [0.5, 0.6) is 0 Å². The molecule has 1 heterocycles. The van der Waals surface area contributed by atoms with E-state index in [0.717, 1.165) is 18.4 Å². The van der Waals surface area contributed by atoms with E-state index in [1.54, 1.807) is 0 Å². The summed E-state index contributed by atoms with van der Waals surface area (Å²) < 4.78 is 15.5. The summed E-state index contributed by atoms with van der Waals surface area (Å²) in [6.45, 7) is 0. The van der Waals surface area contributed by atoms with E-state index in [-0.39, 0.29) is 5.02 Å². The fourth-order valence-electron chi connectivity index (χ4n) is 2.66. The summed E-state index contributed by atoms with van der Waals surface area (Å²) in [4.78, 5) is 4.25. The third kappa shape index (κ3) is 1.67. The van der Waals surface area contributed by atoms with Crippen LogP contribution in [0.15, 0.2) is 12.1 Å². The highest BCUT2D eigenvalue weighted by molar-refractivity contribution is 6.31. The molecule has 0 radical (unpaired) electrons. The van der Waals surface area contributed by atoms with Crippen LogP contribution in [0, 0.1) is 5.82 Å². The van der Waals surface area contributed by atoms with Gasteiger partial charge in [-0.1, -0.05) is 24.4 Å². The first-order valence-electron chi connectivity index (χ1n) is 5.79. The Morgan fingerprint density at radius 1 is 1.35 bits per heavy atom. The fourth-order valence-corrected chi connectivity index (χ4v) is 2.81. The highest BCUT2D eigenvalue weighted by Gasteiger charge is 2.22. The fraction of sp³-hybridized carbons (Fsp3) is 0.417. The van der Waals surface area contributed by atoms with Crippen LogP contribution >= 0.6 is 11.6 Å². The summed E-state index contributed by atoms with van der Waals surface area (Å²) in [7, 11) is 0. The van der Waals surface area contributed by atoms with E-state index in [1.165, 1.54) is 25.0 Å². The standard InChI is InChI=1S/C12H13ClFN3/c13-8-5-10-11(6-9(8)14)17(12(15)16-10)7-3-1-2-4-7/h5-7H,1-4H2,(H2,15,16). The van der Waals surface area contributed by atoms with Gasteiger partial charge in [0.2, 0.25) is 5.95 Å². The molecule has 0 spiro atoms. The molecule has 0 unspecified atom stereocenters. The molecule has 3 nitrogen and oxygen atoms in total. The number of halogens is 2. The molecular formula is C12H13ClFN3. The van der Waals surface area contributed by atoms with Crippen molar-refractivity contribution in [2.75, 3.05) is 5.73 Å². The largest absolute Gasteiger partial charge is 0.369 e. The van der Waals surface area contributed by atoms with E-state index < -0.39 is 5.82 Å². The summed E-state index contributed by atoms with van der Waals surface area (Å²) in [6.07, 6.45) is 4.56. The first kappa shape index (κ1) is 10.8. The molecule has 2 N–H and O–H groups in total. The molecule has 1 saturated carbocycles. The Hall–Kier alpha value is -1.29. The van der Waals surface area contributed by atoms with E-state index in [0.29, 0.717) is 17.5 Å². The number of benzene rings is 1. The van der Waals surface area contributed by atoms with Gasteiger partial charge in [-0.2, -0.15) is 0 Å². The van der Waals surface area contributed by atoms with Crippen LogP contribution in [-0.4, -0.2) is 9.55 Å². The molecule has 0 amide bonds. The van der Waals surface area contributed by atoms with Crippen molar-refractivity contribution in [1.29, 1.82) is 0 Å². The van der Waals surface area contributed by atoms with Gasteiger partial charge >= 0.3 is 0 Å². The molecule has 0 saturated heterocycles. The Morgan fingerprint density at radius 3 is 2.76 bits per heavy atom. The van der Waals surface area contributed by atoms with Gasteiger partial charge < -0.3 is 10.3 Å². The molecule has 5 heteroatoms. The topological polar surface area (TPSA) is 43.8 Å². The second kappa shape index (κ2) is 3.88. The molecule has 1 aliphatic carbocycles. The lowest BCUT2D eigenvalue weighted by molar-refractivity contribution is 0.538. The van der Waals surface area contributed by atoms with E-state index in [1.807, 2.05) is 4.57 Å². The summed E-state index contributed by atoms with van der Waals surface area (Å²) in [6, 6.07) is 3.31. The van der Waals surface area contributed by atoms with Gasteiger partial charge in [0.15, 0.2) is 0 Å². The van der Waals surface area contributed by atoms with Gasteiger partial charge in [0.1, 0.15) is 5.82 Å². The third-order valence-corrected chi connectivity index (χ3v) is 3.74. The van der Waals surface area contributed by atoms with Crippen LogP contribution < -0.4 is 5.73 Å². The quantitative estimate of drug-likeness (QED) is 0.845. The van der Waals surface area contributed by atoms with Crippen LogP contribution in [0.1, 0.15) is 31.7 Å². The van der Waals surface area contributed by atoms with Crippen LogP contribution in [0.3, 0.4) is 0 Å². The van der Waals surface area contributed by atoms with E-state index in [9.17, 15) is 4.39 Å². The number of hydrogen-bond donors (Lipinski definition) is 1. The Kier molecular flexibility index (Phi) is 2.47. The number of anilines is 1. The maximum atomic E-state index is 13.5. The molecule has 3 rings (SSSR count). The van der Waals surface area contributed by atoms with Crippen molar-refractivity contribution in [1.82, 2.24) is 9.55 Å². The smallest absolute Gasteiger partial charge is 0.201 e. The van der Waals surface area contributed by atoms with Crippen molar-refractivity contribution in [3.05, 3.63) is 23.0 Å². The summed E-state index contributed by atoms with van der Waals surface area (Å²) in [5, 5.41) is 0.0913. The number of rotatable bonds is 1. The normalized spacial score (nSPS) is 17.1. The lowest BCUT2D eigenvalue weighted by Gasteiger charge is -2.14. The molecule has 1 aromatic heterocycles. The van der Waals surface area contributed by atoms with Crippen LogP contribution in [0.4, 0.5) is 10.3 Å². The summed E-state index contributed by atoms with van der Waals surface area (Å²) in [5.74, 6) is 0.0341. The second-order valence-electron chi connectivity index (χ2n) is 4.53. The SMILES string of the molecule is Nc1nc2cc(Cl)c(F)cc2n1C1CCCC1. The lowest BCUT2D eigenvalue weighted by atomic mass is 10.2. The molecule has 0 atom stereocenters. The van der Waals surface area contributed by atoms with Gasteiger partial charge in [0, 0.05) is 12.1 Å². The molecule has 0 bridgehead atoms. The number of nitrogen functional groups attached to an aromatic ring is 1. The van der Waals surface area contributed by atoms with Crippen LogP contribution in [0.25, 0.3) is 11.0 Å². The monoisotopic (exact) mass is 253 g/mol. The number of nitrogens with zero attached hydrogens (tertiary/aromatic N) is 2. The third-order valence-electron chi connectivity index (χ3n) is 3.45. The number of fused-ring (bicyclic) bond motifs is 1. The maximum Gasteiger partial charge on any atom is 0.201 e. The Morgan fingerprint density at radius 2 is 2.06 bits per heavy atom. The summed E-state index contributed by atoms with van der Waals surface area (Å²) >= 11 is 5.74. The Bertz CT molecular complexity index is 573. The minimum Gasteiger partial charge on any atom is -0.369 e. The minimum absolute atomic E-state index is 0.0913. The molecular weight excluding hydrogens is 241 g/mol. The Balaban J connectivity index is 2.22. The first-order chi connectivity index (χ1) is 8.16. The number of aromatic nitrogens is 2. The van der Waals surface area contributed by atoms with Crippen molar-refractivity contribution < 1.29 is 4.39 Å². The molecule has 17 heavy (non-hydrogen) atoms. The van der Waals surface area contributed by atoms with E-state index >= 15 is 0 Å². The zero-order chi connectivity index (χ0) is 12.0. The van der Waals surface area contributed by atoms with Crippen molar-refractivity contribution in [2.24, 2.45) is 0 Å². The second-order valence-corrected chi connectivity index (χ2v) is 4.94. The van der Waals surface area contributed by atoms with Crippen molar-refractivity contribution in [3.8, 4) is 0 Å². The number of imidazole rings is 1. The average Bonchev–Trinajstić information content (AvgIpc) is 2.86. The lowest BCUT2D eigenvalue weighted by Crippen LogP contribution is -2.08. The average molecular weight is 254 g/mol. The predicted octanol–water partition coefficient (Wildman–Crippen LogP) is 3.53. The molecule has 1 aliphatic rings. The zero-order valence-electron chi connectivity index (χ0n) is 9.29. The molecule has 2 aromatic rings. The molecule has 90 valence electrons.